The summed E-state index contributed by atoms with van der Waals surface area (Å²) in [6.45, 7) is 20.2. The summed E-state index contributed by atoms with van der Waals surface area (Å²) in [6, 6.07) is 51.0. The third-order valence-corrected chi connectivity index (χ3v) is 16.5. The zero-order valence-electron chi connectivity index (χ0n) is 57.0. The Labute approximate surface area is 564 Å². The van der Waals surface area contributed by atoms with Crippen LogP contribution in [0.4, 0.5) is 0 Å². The number of unbranched alkanes of at least 4 members (excludes halogenated alkanes) is 8. The van der Waals surface area contributed by atoms with Gasteiger partial charge in [0.1, 0.15) is 29.3 Å². The lowest BCUT2D eigenvalue weighted by molar-refractivity contribution is -0.206. The Morgan fingerprint density at radius 3 is 0.947 bits per heavy atom. The van der Waals surface area contributed by atoms with E-state index in [1.54, 1.807) is 97.1 Å². The van der Waals surface area contributed by atoms with Crippen LogP contribution in [0.1, 0.15) is 218 Å². The summed E-state index contributed by atoms with van der Waals surface area (Å²) in [7, 11) is 0. The minimum absolute atomic E-state index is 0.159. The second-order valence-corrected chi connectivity index (χ2v) is 24.8. The fourth-order valence-corrected chi connectivity index (χ4v) is 10.5. The summed E-state index contributed by atoms with van der Waals surface area (Å²) in [4.78, 5) is 47.3. The molecule has 3 aliphatic heterocycles. The smallest absolute Gasteiger partial charge is 0.343 e. The molecule has 3 heterocycles. The maximum atomic E-state index is 12.2. The van der Waals surface area contributed by atoms with Gasteiger partial charge in [-0.3, -0.25) is 4.79 Å². The van der Waals surface area contributed by atoms with Gasteiger partial charge in [-0.05, 0) is 144 Å². The Hall–Kier alpha value is -7.82. The number of aldehydes is 1. The van der Waals surface area contributed by atoms with Crippen LogP contribution in [0.2, 0.25) is 0 Å². The third kappa shape index (κ3) is 26.7. The van der Waals surface area contributed by atoms with Gasteiger partial charge in [0, 0.05) is 40.0 Å². The lowest BCUT2D eigenvalue weighted by Gasteiger charge is -2.29. The molecule has 14 heteroatoms. The number of carbonyl (C=O) groups excluding carboxylic acids is 4. The van der Waals surface area contributed by atoms with Gasteiger partial charge in [-0.1, -0.05) is 188 Å². The first kappa shape index (κ1) is 74.6. The highest BCUT2D eigenvalue weighted by atomic mass is 16.7. The molecule has 14 nitrogen and oxygen atoms in total. The highest BCUT2D eigenvalue weighted by molar-refractivity contribution is 5.92. The molecule has 0 N–H and O–H groups in total. The van der Waals surface area contributed by atoms with Gasteiger partial charge in [0.25, 0.3) is 0 Å². The summed E-state index contributed by atoms with van der Waals surface area (Å²) in [5.41, 5.74) is 8.49. The molecule has 10 rings (SSSR count). The molecule has 7 aromatic carbocycles. The molecule has 0 amide bonds. The van der Waals surface area contributed by atoms with Gasteiger partial charge in [-0.15, -0.1) is 0 Å². The molecule has 0 atom stereocenters. The highest BCUT2D eigenvalue weighted by Gasteiger charge is 2.26. The molecule has 0 saturated carbocycles. The molecule has 7 aromatic rings. The van der Waals surface area contributed by atoms with Crippen molar-refractivity contribution in [3.63, 3.8) is 0 Å². The molecular formula is C81H100O14. The van der Waals surface area contributed by atoms with Crippen LogP contribution >= 0.6 is 0 Å². The lowest BCUT2D eigenvalue weighted by Crippen LogP contribution is -2.27. The standard InChI is InChI=1S/3C22H26O4.C15H22O2/c2*1-3-4-5-17-14-24-22(25-15-17)19-10-8-18(9-11-19)21(23)26-20-12-6-16(2)7-13-20;1-2-3-4-5-6-7-16-25-20-14-10-19(11-15-20)22(24)26-21-12-8-18(17-23)9-13-21;1-3-4-5-13-10-16-15(17-11-13)14-8-6-12(2)7-9-14/h2*6-13,17,22H,3-5,14-15H2,1-2H3;8-15,17H,2-7,16H2,1H3;6-9,13,15H,3-5,10-11H2,1-2H3. The Bertz CT molecular complexity index is 3140. The Morgan fingerprint density at radius 1 is 0.347 bits per heavy atom. The van der Waals surface area contributed by atoms with Crippen molar-refractivity contribution in [1.29, 1.82) is 0 Å². The van der Waals surface area contributed by atoms with Crippen LogP contribution in [0.15, 0.2) is 170 Å². The first-order valence-electron chi connectivity index (χ1n) is 34.4. The zero-order chi connectivity index (χ0) is 67.4. The van der Waals surface area contributed by atoms with Crippen LogP contribution in [0.5, 0.6) is 23.0 Å². The average Bonchev–Trinajstić information content (AvgIpc) is 1.23. The fourth-order valence-electron chi connectivity index (χ4n) is 10.5. The number of hydrogen-bond acceptors (Lipinski definition) is 14. The molecule has 0 radical (unpaired) electrons. The van der Waals surface area contributed by atoms with Crippen molar-refractivity contribution in [3.05, 3.63) is 225 Å². The molecule has 0 unspecified atom stereocenters. The molecule has 3 aliphatic rings. The van der Waals surface area contributed by atoms with Crippen LogP contribution in [-0.2, 0) is 28.4 Å². The van der Waals surface area contributed by atoms with E-state index in [2.05, 4.69) is 58.9 Å². The topological polar surface area (TPSA) is 161 Å². The van der Waals surface area contributed by atoms with Crippen molar-refractivity contribution < 1.29 is 66.5 Å². The first-order valence-corrected chi connectivity index (χ1v) is 34.4. The van der Waals surface area contributed by atoms with Crippen LogP contribution in [-0.4, -0.2) is 70.4 Å². The van der Waals surface area contributed by atoms with E-state index in [1.165, 1.54) is 82.6 Å². The Morgan fingerprint density at radius 2 is 0.621 bits per heavy atom. The summed E-state index contributed by atoms with van der Waals surface area (Å²) in [5.74, 6) is 2.61. The number of ether oxygens (including phenoxy) is 10. The van der Waals surface area contributed by atoms with Gasteiger partial charge in [-0.25, -0.2) is 14.4 Å². The molecule has 0 spiro atoms. The van der Waals surface area contributed by atoms with E-state index in [1.807, 2.05) is 62.4 Å². The van der Waals surface area contributed by atoms with Crippen molar-refractivity contribution in [2.75, 3.05) is 46.2 Å². The van der Waals surface area contributed by atoms with E-state index in [-0.39, 0.29) is 30.8 Å². The molecule has 3 saturated heterocycles. The molecule has 0 bridgehead atoms. The summed E-state index contributed by atoms with van der Waals surface area (Å²) in [6.07, 6.45) is 18.1. The predicted molar refractivity (Wildman–Crippen MR) is 371 cm³/mol. The van der Waals surface area contributed by atoms with Crippen LogP contribution in [0.25, 0.3) is 0 Å². The third-order valence-electron chi connectivity index (χ3n) is 16.5. The predicted octanol–water partition coefficient (Wildman–Crippen LogP) is 19.4. The monoisotopic (exact) mass is 1300 g/mol. The van der Waals surface area contributed by atoms with Gasteiger partial charge < -0.3 is 47.4 Å². The van der Waals surface area contributed by atoms with Crippen molar-refractivity contribution >= 4 is 24.2 Å². The summed E-state index contributed by atoms with van der Waals surface area (Å²) < 4.78 is 56.7. The lowest BCUT2D eigenvalue weighted by atomic mass is 10.0. The Balaban J connectivity index is 0.000000181. The molecule has 0 aliphatic carbocycles. The van der Waals surface area contributed by atoms with Crippen LogP contribution in [0, 0.1) is 38.5 Å². The zero-order valence-corrected chi connectivity index (χ0v) is 57.0. The largest absolute Gasteiger partial charge is 0.494 e. The summed E-state index contributed by atoms with van der Waals surface area (Å²) in [5, 5.41) is 0. The van der Waals surface area contributed by atoms with Gasteiger partial charge in [-0.2, -0.15) is 0 Å². The minimum atomic E-state index is -0.439. The number of aryl methyl sites for hydroxylation is 3. The van der Waals surface area contributed by atoms with E-state index in [9.17, 15) is 19.2 Å². The molecule has 0 aromatic heterocycles. The van der Waals surface area contributed by atoms with Gasteiger partial charge in [0.05, 0.1) is 62.9 Å². The van der Waals surface area contributed by atoms with Crippen molar-refractivity contribution in [2.24, 2.45) is 17.8 Å². The number of hydrogen-bond donors (Lipinski definition) is 0. The number of carbonyl (C=O) groups is 4. The number of rotatable bonds is 27. The quantitative estimate of drug-likeness (QED) is 0.0207. The van der Waals surface area contributed by atoms with Gasteiger partial charge >= 0.3 is 17.9 Å². The second-order valence-electron chi connectivity index (χ2n) is 24.8. The van der Waals surface area contributed by atoms with Gasteiger partial charge in [0.2, 0.25) is 0 Å². The Kier molecular flexibility index (Phi) is 32.9. The van der Waals surface area contributed by atoms with Crippen molar-refractivity contribution in [3.8, 4) is 23.0 Å². The van der Waals surface area contributed by atoms with E-state index in [4.69, 9.17) is 47.4 Å². The molecule has 3 fully saturated rings. The normalized spacial score (nSPS) is 18.2. The number of esters is 3. The fraction of sp³-hybridized carbons (Fsp3) is 0.432. The number of benzene rings is 7. The molecular weight excluding hydrogens is 1200 g/mol. The average molecular weight is 1300 g/mol. The van der Waals surface area contributed by atoms with Crippen LogP contribution in [0.3, 0.4) is 0 Å². The first-order chi connectivity index (χ1) is 46.3. The summed E-state index contributed by atoms with van der Waals surface area (Å²) >= 11 is 0. The van der Waals surface area contributed by atoms with E-state index in [0.29, 0.717) is 63.9 Å². The van der Waals surface area contributed by atoms with E-state index in [0.717, 1.165) is 98.8 Å². The van der Waals surface area contributed by atoms with E-state index >= 15 is 0 Å². The van der Waals surface area contributed by atoms with Crippen molar-refractivity contribution in [1.82, 2.24) is 0 Å². The van der Waals surface area contributed by atoms with Gasteiger partial charge in [0.15, 0.2) is 18.9 Å². The minimum Gasteiger partial charge on any atom is -0.494 e. The molecule has 95 heavy (non-hydrogen) atoms. The van der Waals surface area contributed by atoms with Crippen LogP contribution < -0.4 is 18.9 Å². The maximum Gasteiger partial charge on any atom is 0.343 e. The highest BCUT2D eigenvalue weighted by Crippen LogP contribution is 2.31. The van der Waals surface area contributed by atoms with E-state index < -0.39 is 5.97 Å². The van der Waals surface area contributed by atoms with Crippen molar-refractivity contribution in [2.45, 2.75) is 164 Å². The maximum absolute atomic E-state index is 12.2. The second kappa shape index (κ2) is 41.9. The SMILES string of the molecule is CCCCC1COC(c2ccc(C(=O)Oc3ccc(C)cc3)cc2)OC1.CCCCC1COC(c2ccc(C(=O)Oc3ccc(C)cc3)cc2)OC1.CCCCC1COC(c2ccc(C)cc2)OC1.CCCCCCCCOc1ccc(C(=O)Oc2ccc(C=O)cc2)cc1. The molecule has 508 valence electrons.